The van der Waals surface area contributed by atoms with E-state index in [1.165, 1.54) is 19.2 Å². The van der Waals surface area contributed by atoms with Crippen LogP contribution < -0.4 is 5.32 Å². The number of benzene rings is 1. The second kappa shape index (κ2) is 8.45. The Morgan fingerprint density at radius 3 is 2.85 bits per heavy atom. The summed E-state index contributed by atoms with van der Waals surface area (Å²) in [5, 5.41) is 12.6. The fourth-order valence-corrected chi connectivity index (χ4v) is 2.55. The van der Waals surface area contributed by atoms with Gasteiger partial charge in [-0.2, -0.15) is 0 Å². The highest BCUT2D eigenvalue weighted by Gasteiger charge is 2.32. The van der Waals surface area contributed by atoms with Gasteiger partial charge in [0.2, 0.25) is 11.8 Å². The van der Waals surface area contributed by atoms with E-state index in [0.717, 1.165) is 11.8 Å². The third-order valence-electron chi connectivity index (χ3n) is 4.11. The van der Waals surface area contributed by atoms with Crippen LogP contribution in [-0.2, 0) is 20.8 Å². The van der Waals surface area contributed by atoms with Crippen LogP contribution in [0.5, 0.6) is 0 Å². The molecule has 0 saturated carbocycles. The fraction of sp³-hybridized carbons (Fsp3) is 0.550. The molecular weight excluding hydrogens is 332 g/mol. The van der Waals surface area contributed by atoms with Crippen molar-refractivity contribution >= 4 is 17.6 Å². The molecule has 6 nitrogen and oxygen atoms in total. The minimum atomic E-state index is -3.44. The van der Waals surface area contributed by atoms with Gasteiger partial charge in [0.05, 0.1) is 1.37 Å². The number of amides is 2. The van der Waals surface area contributed by atoms with Crippen LogP contribution >= 0.6 is 0 Å². The largest absolute Gasteiger partial charge is 0.385 e. The van der Waals surface area contributed by atoms with Crippen LogP contribution in [0.15, 0.2) is 24.3 Å². The zero-order chi connectivity index (χ0) is 26.5. The summed E-state index contributed by atoms with van der Waals surface area (Å²) in [6.07, 6.45) is -6.47. The first-order chi connectivity index (χ1) is 15.2. The number of nitrogens with one attached hydrogen (secondary N) is 1. The lowest BCUT2D eigenvalue weighted by atomic mass is 9.94. The normalized spacial score (nSPS) is 31.2. The van der Waals surface area contributed by atoms with Gasteiger partial charge in [0, 0.05) is 35.5 Å². The Hall–Kier alpha value is -2.21. The fourth-order valence-electron chi connectivity index (χ4n) is 2.55. The zero-order valence-electron chi connectivity index (χ0n) is 22.9. The van der Waals surface area contributed by atoms with Crippen LogP contribution in [0, 0.1) is 11.8 Å². The Bertz CT molecular complexity index is 991. The van der Waals surface area contributed by atoms with Gasteiger partial charge >= 0.3 is 0 Å². The van der Waals surface area contributed by atoms with Crippen molar-refractivity contribution in [2.75, 3.05) is 13.6 Å². The molecule has 0 spiro atoms. The molecule has 4 atom stereocenters. The Morgan fingerprint density at radius 1 is 1.46 bits per heavy atom. The summed E-state index contributed by atoms with van der Waals surface area (Å²) >= 11 is 0. The molecule has 1 aliphatic rings. The molecule has 1 aromatic carbocycles. The second-order valence-corrected chi connectivity index (χ2v) is 6.22. The first-order valence-electron chi connectivity index (χ1n) is 12.1. The van der Waals surface area contributed by atoms with Crippen LogP contribution in [-0.4, -0.2) is 47.3 Å². The summed E-state index contributed by atoms with van der Waals surface area (Å²) in [4.78, 5) is 39.6. The van der Waals surface area contributed by atoms with Crippen molar-refractivity contribution in [3.63, 3.8) is 0 Å². The molecule has 0 aliphatic carbocycles. The number of carbonyl (C=O) groups is 3. The molecule has 1 heterocycles. The van der Waals surface area contributed by atoms with E-state index in [-0.39, 0.29) is 17.7 Å². The molecule has 6 heteroatoms. The van der Waals surface area contributed by atoms with Gasteiger partial charge in [-0.25, -0.2) is 0 Å². The van der Waals surface area contributed by atoms with Gasteiger partial charge in [-0.15, -0.1) is 0 Å². The van der Waals surface area contributed by atoms with Gasteiger partial charge in [-0.1, -0.05) is 45.0 Å². The number of likely N-dealkylation sites (N-methyl/N-ethyl adjacent to an activating group) is 1. The Morgan fingerprint density at radius 2 is 2.15 bits per heavy atom. The van der Waals surface area contributed by atoms with Crippen LogP contribution in [0.3, 0.4) is 0 Å². The predicted molar refractivity (Wildman–Crippen MR) is 98.3 cm³/mol. The van der Waals surface area contributed by atoms with Crippen molar-refractivity contribution in [3.05, 3.63) is 35.4 Å². The molecule has 2 N–H and O–H groups in total. The first kappa shape index (κ1) is 11.5. The van der Waals surface area contributed by atoms with Crippen molar-refractivity contribution in [1.29, 1.82) is 0 Å². The zero-order valence-corrected chi connectivity index (χ0v) is 14.9. The maximum atomic E-state index is 13.0. The molecule has 1 aromatic rings. The quantitative estimate of drug-likeness (QED) is 0.796. The van der Waals surface area contributed by atoms with E-state index in [9.17, 15) is 19.5 Å². The lowest BCUT2D eigenvalue weighted by molar-refractivity contribution is -0.137. The first-order valence-corrected chi connectivity index (χ1v) is 8.08. The van der Waals surface area contributed by atoms with Crippen LogP contribution in [0.4, 0.5) is 0 Å². The molecule has 0 saturated heterocycles. The number of carbonyl (C=O) groups excluding carboxylic acids is 3. The molecule has 1 unspecified atom stereocenters. The van der Waals surface area contributed by atoms with E-state index in [4.69, 9.17) is 11.0 Å². The van der Waals surface area contributed by atoms with E-state index in [2.05, 4.69) is 5.32 Å². The summed E-state index contributed by atoms with van der Waals surface area (Å²) in [6.45, 7) is -1.81. The number of fused-ring (bicyclic) bond motifs is 1. The van der Waals surface area contributed by atoms with Gasteiger partial charge in [-0.3, -0.25) is 14.4 Å². The summed E-state index contributed by atoms with van der Waals surface area (Å²) in [7, 11) is 1.36. The molecule has 2 amide bonds. The van der Waals surface area contributed by atoms with Crippen LogP contribution in [0.2, 0.25) is 0 Å². The molecule has 0 radical (unpaired) electrons. The van der Waals surface area contributed by atoms with Crippen molar-refractivity contribution in [2.45, 2.75) is 45.6 Å². The number of aliphatic hydroxyl groups is 1. The van der Waals surface area contributed by atoms with E-state index in [0.29, 0.717) is 6.92 Å². The van der Waals surface area contributed by atoms with Crippen LogP contribution in [0.25, 0.3) is 0 Å². The van der Waals surface area contributed by atoms with Gasteiger partial charge < -0.3 is 15.3 Å². The standard InChI is InChI=1S/C20H28N2O4/c1-12(2)18(24)16(23)11-13(3)19(25)21-17-15-8-6-5-7-14(15)9-10-22(4)20(17)26/h5-8,12-13,17-18,24H,9-11H2,1-4H3,(H,21,25)/t13-,17+,18+/m1/s1/i1D3,9D2,12D,13D,18D/t12?,13-,17+,18+. The van der Waals surface area contributed by atoms with Crippen molar-refractivity contribution in [3.8, 4) is 0 Å². The molecule has 0 fully saturated rings. The molecule has 26 heavy (non-hydrogen) atoms. The number of ketones is 1. The minimum absolute atomic E-state index is 0.170. The van der Waals surface area contributed by atoms with Crippen LogP contribution in [0.1, 0.15) is 55.3 Å². The van der Waals surface area contributed by atoms with Crippen molar-refractivity contribution in [2.24, 2.45) is 11.8 Å². The average molecular weight is 369 g/mol. The number of Topliss-reactive ketones (excluding diaryl/α,β-unsaturated/α-hetero) is 1. The predicted octanol–water partition coefficient (Wildman–Crippen LogP) is 1.47. The van der Waals surface area contributed by atoms with Crippen molar-refractivity contribution in [1.82, 2.24) is 10.2 Å². The van der Waals surface area contributed by atoms with Gasteiger partial charge in [0.25, 0.3) is 0 Å². The molecule has 0 bridgehead atoms. The summed E-state index contributed by atoms with van der Waals surface area (Å²) in [6, 6.07) is 4.71. The Kier molecular flexibility index (Phi) is 3.73. The lowest BCUT2D eigenvalue weighted by Crippen LogP contribution is -2.43. The van der Waals surface area contributed by atoms with Crippen molar-refractivity contribution < 1.29 is 30.5 Å². The van der Waals surface area contributed by atoms with Gasteiger partial charge in [0.15, 0.2) is 5.78 Å². The SMILES string of the molecule is [2H]C1([2H])CN(C)C(=O)[C@@H](NC(=O)[C@]([2H])(C)CC(=O)[C@@]([2H])(O)C([2H])(C)C([2H])([2H])[2H])c2ccccc21. The number of nitrogens with zero attached hydrogens (tertiary/aromatic N) is 1. The Labute approximate surface area is 165 Å². The smallest absolute Gasteiger partial charge is 0.249 e. The number of hydrogen-bond acceptors (Lipinski definition) is 4. The molecular formula is C20H28N2O4. The summed E-state index contributed by atoms with van der Waals surface area (Å²) < 4.78 is 62.7. The van der Waals surface area contributed by atoms with Gasteiger partial charge in [0.1, 0.15) is 12.1 Å². The molecule has 0 aromatic heterocycles. The maximum Gasteiger partial charge on any atom is 0.249 e. The summed E-state index contributed by atoms with van der Waals surface area (Å²) in [5.74, 6) is -8.59. The van der Waals surface area contributed by atoms with E-state index in [1.807, 2.05) is 0 Å². The van der Waals surface area contributed by atoms with E-state index < -0.39 is 61.2 Å². The van der Waals surface area contributed by atoms with E-state index >= 15 is 0 Å². The monoisotopic (exact) mass is 368 g/mol. The highest BCUT2D eigenvalue weighted by molar-refractivity contribution is 5.92. The number of rotatable bonds is 6. The maximum absolute atomic E-state index is 13.0. The highest BCUT2D eigenvalue weighted by Crippen LogP contribution is 2.25. The topological polar surface area (TPSA) is 86.7 Å². The Balaban J connectivity index is 2.35. The molecule has 1 aliphatic heterocycles. The molecule has 142 valence electrons. The third-order valence-corrected chi connectivity index (χ3v) is 4.11. The summed E-state index contributed by atoms with van der Waals surface area (Å²) in [5.41, 5.74) is 0.347. The average Bonchev–Trinajstić information content (AvgIpc) is 2.75. The lowest BCUT2D eigenvalue weighted by Gasteiger charge is -2.24. The van der Waals surface area contributed by atoms with Gasteiger partial charge in [-0.05, 0) is 23.4 Å². The minimum Gasteiger partial charge on any atom is -0.385 e. The molecule has 2 rings (SSSR count). The second-order valence-electron chi connectivity index (χ2n) is 6.22. The highest BCUT2D eigenvalue weighted by atomic mass is 16.3. The third kappa shape index (κ3) is 4.49. The number of hydrogen-bond donors (Lipinski definition) is 2. The van der Waals surface area contributed by atoms with E-state index in [1.54, 1.807) is 12.1 Å².